The van der Waals surface area contributed by atoms with Gasteiger partial charge in [0, 0.05) is 12.7 Å². The second-order valence-electron chi connectivity index (χ2n) is 7.01. The molecule has 6 heteroatoms. The molecule has 2 heterocycles. The van der Waals surface area contributed by atoms with Crippen LogP contribution in [0.3, 0.4) is 0 Å². The maximum atomic E-state index is 12.2. The van der Waals surface area contributed by atoms with Gasteiger partial charge in [-0.2, -0.15) is 5.10 Å². The van der Waals surface area contributed by atoms with E-state index in [1.165, 1.54) is 5.56 Å². The molecule has 1 aliphatic heterocycles. The molecular formula is C20H28N4O2. The molecule has 1 fully saturated rings. The molecule has 1 amide bonds. The molecule has 1 unspecified atom stereocenters. The van der Waals surface area contributed by atoms with E-state index in [4.69, 9.17) is 4.74 Å². The normalized spacial score (nSPS) is 17.3. The Kier molecular flexibility index (Phi) is 6.28. The molecule has 1 aromatic heterocycles. The number of aromatic nitrogens is 2. The standard InChI is InChI=1S/C20H28N4O2/c1-15(2)16-5-7-18(8-6-16)26-13-11-22-20(25)19-9-12-24(23-19)17-4-3-10-21-14-17/h5-9,12,15,17,21H,3-4,10-11,13-14H2,1-2H3,(H,22,25). The zero-order valence-corrected chi connectivity index (χ0v) is 15.6. The first kappa shape index (κ1) is 18.5. The fourth-order valence-electron chi connectivity index (χ4n) is 3.09. The Balaban J connectivity index is 1.42. The molecule has 0 radical (unpaired) electrons. The fraction of sp³-hybridized carbons (Fsp3) is 0.500. The van der Waals surface area contributed by atoms with Crippen LogP contribution in [-0.4, -0.2) is 41.9 Å². The Morgan fingerprint density at radius 1 is 1.35 bits per heavy atom. The van der Waals surface area contributed by atoms with Gasteiger partial charge in [0.25, 0.3) is 5.91 Å². The zero-order chi connectivity index (χ0) is 18.4. The first-order chi connectivity index (χ1) is 12.6. The second-order valence-corrected chi connectivity index (χ2v) is 7.01. The molecule has 1 atom stereocenters. The molecule has 26 heavy (non-hydrogen) atoms. The molecule has 6 nitrogen and oxygen atoms in total. The number of piperidine rings is 1. The zero-order valence-electron chi connectivity index (χ0n) is 15.6. The number of nitrogens with one attached hydrogen (secondary N) is 2. The second kappa shape index (κ2) is 8.85. The van der Waals surface area contributed by atoms with Gasteiger partial charge in [-0.1, -0.05) is 26.0 Å². The van der Waals surface area contributed by atoms with Crippen molar-refractivity contribution in [3.8, 4) is 5.75 Å². The lowest BCUT2D eigenvalue weighted by atomic mass is 10.0. The molecule has 2 aromatic rings. The molecule has 0 spiro atoms. The van der Waals surface area contributed by atoms with Crippen LogP contribution in [0.5, 0.6) is 5.75 Å². The Bertz CT molecular complexity index is 703. The van der Waals surface area contributed by atoms with Crippen LogP contribution in [0.2, 0.25) is 0 Å². The summed E-state index contributed by atoms with van der Waals surface area (Å²) in [5, 5.41) is 10.6. The van der Waals surface area contributed by atoms with Gasteiger partial charge in [0.2, 0.25) is 0 Å². The SMILES string of the molecule is CC(C)c1ccc(OCCNC(=O)c2ccn(C3CCCNC3)n2)cc1. The number of rotatable bonds is 7. The van der Waals surface area contributed by atoms with Gasteiger partial charge in [-0.3, -0.25) is 9.48 Å². The lowest BCUT2D eigenvalue weighted by Gasteiger charge is -2.22. The van der Waals surface area contributed by atoms with E-state index < -0.39 is 0 Å². The van der Waals surface area contributed by atoms with Crippen molar-refractivity contribution in [3.63, 3.8) is 0 Å². The summed E-state index contributed by atoms with van der Waals surface area (Å²) in [4.78, 5) is 12.2. The predicted molar refractivity (Wildman–Crippen MR) is 102 cm³/mol. The number of carbonyl (C=O) groups is 1. The molecule has 1 saturated heterocycles. The smallest absolute Gasteiger partial charge is 0.271 e. The lowest BCUT2D eigenvalue weighted by Crippen LogP contribution is -2.32. The summed E-state index contributed by atoms with van der Waals surface area (Å²) in [5.74, 6) is 1.16. The van der Waals surface area contributed by atoms with E-state index in [9.17, 15) is 4.79 Å². The number of carbonyl (C=O) groups excluding carboxylic acids is 1. The van der Waals surface area contributed by atoms with Crippen LogP contribution in [0, 0.1) is 0 Å². The Labute approximate surface area is 154 Å². The van der Waals surface area contributed by atoms with E-state index in [0.717, 1.165) is 31.7 Å². The average molecular weight is 356 g/mol. The third-order valence-corrected chi connectivity index (χ3v) is 4.69. The van der Waals surface area contributed by atoms with E-state index in [1.807, 2.05) is 23.0 Å². The molecule has 0 bridgehead atoms. The highest BCUT2D eigenvalue weighted by molar-refractivity contribution is 5.92. The molecule has 0 saturated carbocycles. The van der Waals surface area contributed by atoms with Crippen molar-refractivity contribution in [2.24, 2.45) is 0 Å². The third-order valence-electron chi connectivity index (χ3n) is 4.69. The van der Waals surface area contributed by atoms with Gasteiger partial charge in [0.1, 0.15) is 18.1 Å². The predicted octanol–water partition coefficient (Wildman–Crippen LogP) is 2.74. The van der Waals surface area contributed by atoms with Crippen LogP contribution >= 0.6 is 0 Å². The maximum absolute atomic E-state index is 12.2. The molecule has 3 rings (SSSR count). The average Bonchev–Trinajstić information content (AvgIpc) is 3.16. The Morgan fingerprint density at radius 3 is 2.85 bits per heavy atom. The van der Waals surface area contributed by atoms with Gasteiger partial charge in [-0.25, -0.2) is 0 Å². The Morgan fingerprint density at radius 2 is 2.15 bits per heavy atom. The Hall–Kier alpha value is -2.34. The van der Waals surface area contributed by atoms with E-state index in [0.29, 0.717) is 30.8 Å². The van der Waals surface area contributed by atoms with E-state index in [1.54, 1.807) is 6.07 Å². The van der Waals surface area contributed by atoms with Crippen molar-refractivity contribution in [2.75, 3.05) is 26.2 Å². The summed E-state index contributed by atoms with van der Waals surface area (Å²) in [6.07, 6.45) is 4.13. The quantitative estimate of drug-likeness (QED) is 0.749. The van der Waals surface area contributed by atoms with Gasteiger partial charge in [0.05, 0.1) is 12.6 Å². The molecule has 0 aliphatic carbocycles. The van der Waals surface area contributed by atoms with Crippen molar-refractivity contribution >= 4 is 5.91 Å². The van der Waals surface area contributed by atoms with Crippen LogP contribution in [0.25, 0.3) is 0 Å². The number of ether oxygens (including phenoxy) is 1. The monoisotopic (exact) mass is 356 g/mol. The number of nitrogens with zero attached hydrogens (tertiary/aromatic N) is 2. The van der Waals surface area contributed by atoms with Gasteiger partial charge < -0.3 is 15.4 Å². The summed E-state index contributed by atoms with van der Waals surface area (Å²) < 4.78 is 7.58. The largest absolute Gasteiger partial charge is 0.492 e. The van der Waals surface area contributed by atoms with Crippen molar-refractivity contribution in [3.05, 3.63) is 47.8 Å². The molecular weight excluding hydrogens is 328 g/mol. The summed E-state index contributed by atoms with van der Waals surface area (Å²) in [7, 11) is 0. The van der Waals surface area contributed by atoms with Crippen LogP contribution in [-0.2, 0) is 0 Å². The fourth-order valence-corrected chi connectivity index (χ4v) is 3.09. The van der Waals surface area contributed by atoms with Crippen molar-refractivity contribution in [1.82, 2.24) is 20.4 Å². The van der Waals surface area contributed by atoms with Crippen LogP contribution < -0.4 is 15.4 Å². The first-order valence-corrected chi connectivity index (χ1v) is 9.40. The molecule has 140 valence electrons. The van der Waals surface area contributed by atoms with Crippen LogP contribution in [0.1, 0.15) is 54.7 Å². The van der Waals surface area contributed by atoms with Gasteiger partial charge >= 0.3 is 0 Å². The van der Waals surface area contributed by atoms with Crippen LogP contribution in [0.15, 0.2) is 36.5 Å². The van der Waals surface area contributed by atoms with Crippen LogP contribution in [0.4, 0.5) is 0 Å². The number of hydrogen-bond donors (Lipinski definition) is 2. The number of hydrogen-bond acceptors (Lipinski definition) is 4. The van der Waals surface area contributed by atoms with Crippen molar-refractivity contribution < 1.29 is 9.53 Å². The van der Waals surface area contributed by atoms with E-state index >= 15 is 0 Å². The highest BCUT2D eigenvalue weighted by Crippen LogP contribution is 2.18. The minimum atomic E-state index is -0.161. The highest BCUT2D eigenvalue weighted by Gasteiger charge is 2.17. The van der Waals surface area contributed by atoms with Gasteiger partial charge in [-0.15, -0.1) is 0 Å². The van der Waals surface area contributed by atoms with E-state index in [-0.39, 0.29) is 5.91 Å². The summed E-state index contributed by atoms with van der Waals surface area (Å²) >= 11 is 0. The highest BCUT2D eigenvalue weighted by atomic mass is 16.5. The minimum Gasteiger partial charge on any atom is -0.492 e. The molecule has 1 aliphatic rings. The summed E-state index contributed by atoms with van der Waals surface area (Å²) in [6.45, 7) is 7.18. The maximum Gasteiger partial charge on any atom is 0.271 e. The number of amides is 1. The minimum absolute atomic E-state index is 0.161. The third kappa shape index (κ3) is 4.85. The van der Waals surface area contributed by atoms with Gasteiger partial charge in [-0.05, 0) is 49.1 Å². The topological polar surface area (TPSA) is 68.2 Å². The van der Waals surface area contributed by atoms with Crippen molar-refractivity contribution in [1.29, 1.82) is 0 Å². The molecule has 1 aromatic carbocycles. The summed E-state index contributed by atoms with van der Waals surface area (Å²) in [6, 6.07) is 10.2. The molecule has 2 N–H and O–H groups in total. The number of benzene rings is 1. The van der Waals surface area contributed by atoms with Crippen molar-refractivity contribution in [2.45, 2.75) is 38.6 Å². The summed E-state index contributed by atoms with van der Waals surface area (Å²) in [5.41, 5.74) is 1.74. The van der Waals surface area contributed by atoms with Gasteiger partial charge in [0.15, 0.2) is 0 Å². The first-order valence-electron chi connectivity index (χ1n) is 9.40. The lowest BCUT2D eigenvalue weighted by molar-refractivity contribution is 0.0940. The van der Waals surface area contributed by atoms with E-state index in [2.05, 4.69) is 41.7 Å².